The van der Waals surface area contributed by atoms with Gasteiger partial charge in [0.05, 0.1) is 18.3 Å². The van der Waals surface area contributed by atoms with Crippen LogP contribution >= 0.6 is 0 Å². The highest BCUT2D eigenvalue weighted by Crippen LogP contribution is 2.22. The van der Waals surface area contributed by atoms with Crippen LogP contribution in [-0.4, -0.2) is 75.6 Å². The average Bonchev–Trinajstić information content (AvgIpc) is 3.02. The number of carbonyl (C=O) groups is 3. The van der Waals surface area contributed by atoms with Crippen LogP contribution in [0, 0.1) is 0 Å². The molecule has 1 fully saturated rings. The van der Waals surface area contributed by atoms with Crippen LogP contribution in [0.5, 0.6) is 0 Å². The maximum absolute atomic E-state index is 13.3. The van der Waals surface area contributed by atoms with Gasteiger partial charge in [0.2, 0.25) is 5.91 Å². The third-order valence-electron chi connectivity index (χ3n) is 4.74. The van der Waals surface area contributed by atoms with Crippen molar-refractivity contribution in [2.75, 3.05) is 6.54 Å². The van der Waals surface area contributed by atoms with Gasteiger partial charge in [-0.05, 0) is 47.0 Å². The Morgan fingerprint density at radius 1 is 1.33 bits per heavy atom. The van der Waals surface area contributed by atoms with E-state index in [4.69, 9.17) is 9.47 Å². The molecule has 5 atom stereocenters. The fourth-order valence-corrected chi connectivity index (χ4v) is 3.35. The Morgan fingerprint density at radius 2 is 1.97 bits per heavy atom. The van der Waals surface area contributed by atoms with Gasteiger partial charge >= 0.3 is 12.1 Å². The molecular weight excluding hydrogens is 392 g/mol. The van der Waals surface area contributed by atoms with Gasteiger partial charge in [-0.15, -0.1) is 6.58 Å². The van der Waals surface area contributed by atoms with Crippen molar-refractivity contribution < 1.29 is 34.1 Å². The van der Waals surface area contributed by atoms with E-state index in [1.165, 1.54) is 0 Å². The first-order valence-electron chi connectivity index (χ1n) is 10.4. The number of β-amino-alcohol motifs (C(OH)–C–C–N with tert-alkyl or cyclic N) is 1. The third-order valence-corrected chi connectivity index (χ3v) is 4.74. The molecule has 0 aromatic rings. The maximum atomic E-state index is 13.3. The quantitative estimate of drug-likeness (QED) is 0.455. The Morgan fingerprint density at radius 3 is 2.47 bits per heavy atom. The summed E-state index contributed by atoms with van der Waals surface area (Å²) in [6, 6.07) is -2.31. The summed E-state index contributed by atoms with van der Waals surface area (Å²) in [5.74, 6) is -1.82. The lowest BCUT2D eigenvalue weighted by Gasteiger charge is -2.33. The normalized spacial score (nSPS) is 22.1. The SMILES string of the molecule is C=CCCC(C)O[C@@H](CC)[C@H](NC(=O)OC(C)(C)C)C(=O)N1C[C@H](O)C[C@H]1C(=O)O. The molecule has 2 amide bonds. The van der Waals surface area contributed by atoms with E-state index in [-0.39, 0.29) is 19.1 Å². The van der Waals surface area contributed by atoms with Gasteiger partial charge in [-0.25, -0.2) is 9.59 Å². The van der Waals surface area contributed by atoms with Crippen molar-refractivity contribution in [1.82, 2.24) is 10.2 Å². The van der Waals surface area contributed by atoms with Crippen LogP contribution in [0.1, 0.15) is 60.3 Å². The number of ether oxygens (including phenoxy) is 2. The van der Waals surface area contributed by atoms with Crippen LogP contribution in [0.2, 0.25) is 0 Å². The molecule has 9 nitrogen and oxygen atoms in total. The van der Waals surface area contributed by atoms with Crippen molar-refractivity contribution in [3.63, 3.8) is 0 Å². The number of nitrogens with zero attached hydrogens (tertiary/aromatic N) is 1. The molecule has 3 N–H and O–H groups in total. The Kier molecular flexibility index (Phi) is 9.77. The van der Waals surface area contributed by atoms with E-state index in [1.54, 1.807) is 26.8 Å². The first-order valence-corrected chi connectivity index (χ1v) is 10.4. The van der Waals surface area contributed by atoms with Gasteiger partial charge in [-0.2, -0.15) is 0 Å². The van der Waals surface area contributed by atoms with Gasteiger partial charge in [-0.3, -0.25) is 4.79 Å². The number of aliphatic hydroxyl groups is 1. The molecule has 0 radical (unpaired) electrons. The lowest BCUT2D eigenvalue weighted by atomic mass is 10.1. The van der Waals surface area contributed by atoms with Crippen LogP contribution < -0.4 is 5.32 Å². The van der Waals surface area contributed by atoms with Crippen LogP contribution in [0.3, 0.4) is 0 Å². The first kappa shape index (κ1) is 25.9. The molecule has 30 heavy (non-hydrogen) atoms. The van der Waals surface area contributed by atoms with Gasteiger partial charge in [0.15, 0.2) is 0 Å². The molecule has 1 unspecified atom stereocenters. The number of hydrogen-bond donors (Lipinski definition) is 3. The lowest BCUT2D eigenvalue weighted by Crippen LogP contribution is -2.58. The van der Waals surface area contributed by atoms with Crippen molar-refractivity contribution in [2.24, 2.45) is 0 Å². The van der Waals surface area contributed by atoms with Gasteiger partial charge in [-0.1, -0.05) is 13.0 Å². The van der Waals surface area contributed by atoms with Gasteiger partial charge in [0, 0.05) is 13.0 Å². The summed E-state index contributed by atoms with van der Waals surface area (Å²) in [7, 11) is 0. The Labute approximate surface area is 178 Å². The van der Waals surface area contributed by atoms with E-state index in [0.29, 0.717) is 12.8 Å². The second kappa shape index (κ2) is 11.3. The summed E-state index contributed by atoms with van der Waals surface area (Å²) in [6.07, 6.45) is 0.888. The lowest BCUT2D eigenvalue weighted by molar-refractivity contribution is -0.151. The van der Waals surface area contributed by atoms with Gasteiger partial charge in [0.25, 0.3) is 0 Å². The summed E-state index contributed by atoms with van der Waals surface area (Å²) in [4.78, 5) is 38.4. The summed E-state index contributed by atoms with van der Waals surface area (Å²) in [5.41, 5.74) is -0.773. The molecule has 1 aliphatic heterocycles. The van der Waals surface area contributed by atoms with Gasteiger partial charge in [0.1, 0.15) is 17.7 Å². The number of nitrogens with one attached hydrogen (secondary N) is 1. The monoisotopic (exact) mass is 428 g/mol. The fourth-order valence-electron chi connectivity index (χ4n) is 3.35. The predicted octanol–water partition coefficient (Wildman–Crippen LogP) is 2.08. The number of likely N-dealkylation sites (tertiary alicyclic amines) is 1. The zero-order valence-corrected chi connectivity index (χ0v) is 18.6. The summed E-state index contributed by atoms with van der Waals surface area (Å²) in [6.45, 7) is 12.3. The molecule has 0 aromatic carbocycles. The minimum atomic E-state index is -1.20. The Balaban J connectivity index is 3.11. The molecular formula is C21H36N2O7. The fraction of sp³-hybridized carbons (Fsp3) is 0.762. The number of aliphatic hydroxyl groups excluding tert-OH is 1. The second-order valence-corrected chi connectivity index (χ2v) is 8.62. The van der Waals surface area contributed by atoms with Crippen molar-refractivity contribution in [2.45, 2.75) is 96.3 Å². The highest BCUT2D eigenvalue weighted by Gasteiger charge is 2.44. The van der Waals surface area contributed by atoms with Crippen molar-refractivity contribution >= 4 is 18.0 Å². The van der Waals surface area contributed by atoms with Crippen LogP contribution in [0.25, 0.3) is 0 Å². The minimum Gasteiger partial charge on any atom is -0.480 e. The van der Waals surface area contributed by atoms with Crippen LogP contribution in [-0.2, 0) is 19.1 Å². The Bertz CT molecular complexity index is 617. The molecule has 0 aliphatic carbocycles. The Hall–Kier alpha value is -2.13. The topological polar surface area (TPSA) is 125 Å². The van der Waals surface area contributed by atoms with Gasteiger partial charge < -0.3 is 29.9 Å². The third kappa shape index (κ3) is 7.95. The molecule has 0 aromatic heterocycles. The first-order chi connectivity index (χ1) is 13.9. The summed E-state index contributed by atoms with van der Waals surface area (Å²) < 4.78 is 11.3. The van der Waals surface area contributed by atoms with Crippen molar-refractivity contribution in [1.29, 1.82) is 0 Å². The largest absolute Gasteiger partial charge is 0.480 e. The second-order valence-electron chi connectivity index (χ2n) is 8.62. The standard InChI is InChI=1S/C21H36N2O7/c1-7-9-10-13(3)29-16(8-2)17(22-20(28)30-21(4,5)6)18(25)23-12-14(24)11-15(23)19(26)27/h7,13-17,24H,1,8-12H2,2-6H3,(H,22,28)(H,26,27)/t13?,14-,15+,16+,17+/m1/s1. The number of rotatable bonds is 10. The molecule has 1 heterocycles. The number of amides is 2. The zero-order chi connectivity index (χ0) is 23.1. The van der Waals surface area contributed by atoms with E-state index in [1.807, 2.05) is 13.8 Å². The average molecular weight is 429 g/mol. The maximum Gasteiger partial charge on any atom is 0.408 e. The number of allylic oxidation sites excluding steroid dienone is 1. The predicted molar refractivity (Wildman–Crippen MR) is 111 cm³/mol. The van der Waals surface area contributed by atoms with E-state index >= 15 is 0 Å². The highest BCUT2D eigenvalue weighted by atomic mass is 16.6. The number of alkyl carbamates (subject to hydrolysis) is 1. The number of carbonyl (C=O) groups excluding carboxylic acids is 2. The molecule has 0 spiro atoms. The molecule has 0 bridgehead atoms. The van der Waals surface area contributed by atoms with Crippen LogP contribution in [0.15, 0.2) is 12.7 Å². The number of carboxylic acids is 1. The zero-order valence-electron chi connectivity index (χ0n) is 18.6. The molecule has 1 aliphatic rings. The number of carboxylic acid groups (broad SMARTS) is 1. The molecule has 1 saturated heterocycles. The molecule has 1 rings (SSSR count). The highest BCUT2D eigenvalue weighted by molar-refractivity contribution is 5.90. The van der Waals surface area contributed by atoms with Crippen molar-refractivity contribution in [3.05, 3.63) is 12.7 Å². The number of aliphatic carboxylic acids is 1. The van der Waals surface area contributed by atoms with Crippen LogP contribution in [0.4, 0.5) is 4.79 Å². The molecule has 0 saturated carbocycles. The van der Waals surface area contributed by atoms with E-state index < -0.39 is 47.9 Å². The van der Waals surface area contributed by atoms with E-state index in [9.17, 15) is 24.6 Å². The van der Waals surface area contributed by atoms with Crippen molar-refractivity contribution in [3.8, 4) is 0 Å². The van der Waals surface area contributed by atoms with E-state index in [0.717, 1.165) is 11.3 Å². The molecule has 172 valence electrons. The number of hydrogen-bond acceptors (Lipinski definition) is 6. The molecule has 9 heteroatoms. The smallest absolute Gasteiger partial charge is 0.408 e. The van der Waals surface area contributed by atoms with E-state index in [2.05, 4.69) is 11.9 Å². The summed E-state index contributed by atoms with van der Waals surface area (Å²) in [5, 5.41) is 21.9. The minimum absolute atomic E-state index is 0.0619. The summed E-state index contributed by atoms with van der Waals surface area (Å²) >= 11 is 0.